The Labute approximate surface area is 62.3 Å². The number of hydrogen-bond acceptors (Lipinski definition) is 1. The van der Waals surface area contributed by atoms with Gasteiger partial charge in [-0.2, -0.15) is 0 Å². The average Bonchev–Trinajstić information content (AvgIpc) is 1.89. The van der Waals surface area contributed by atoms with Crippen LogP contribution in [0.2, 0.25) is 0 Å². The van der Waals surface area contributed by atoms with Crippen LogP contribution in [0.5, 0.6) is 0 Å². The summed E-state index contributed by atoms with van der Waals surface area (Å²) in [5.41, 5.74) is 0. The lowest BCUT2D eigenvalue weighted by Gasteiger charge is -1.84. The van der Waals surface area contributed by atoms with Crippen molar-refractivity contribution in [3.63, 3.8) is 0 Å². The van der Waals surface area contributed by atoms with Crippen LogP contribution in [0.3, 0.4) is 0 Å². The molecule has 0 bridgehead atoms. The van der Waals surface area contributed by atoms with Crippen molar-refractivity contribution < 1.29 is 0 Å². The molecule has 0 heterocycles. The third-order valence-corrected chi connectivity index (χ3v) is 1.16. The van der Waals surface area contributed by atoms with Crippen molar-refractivity contribution in [2.75, 3.05) is 0 Å². The molecule has 0 aromatic carbocycles. The summed E-state index contributed by atoms with van der Waals surface area (Å²) in [5, 5.41) is 2.52. The second-order valence-electron chi connectivity index (χ2n) is 1.85. The molecule has 0 unspecified atom stereocenters. The lowest BCUT2D eigenvalue weighted by Crippen LogP contribution is -1.64. The number of thiocarbonyl (C=S) groups is 1. The van der Waals surface area contributed by atoms with E-state index >= 15 is 0 Å². The van der Waals surface area contributed by atoms with Crippen molar-refractivity contribution in [1.29, 1.82) is 0 Å². The molecule has 0 aliphatic rings. The van der Waals surface area contributed by atoms with Crippen molar-refractivity contribution in [2.24, 2.45) is 0 Å². The Balaban J connectivity index is 3.14. The molecule has 0 spiro atoms. The van der Waals surface area contributed by atoms with Crippen LogP contribution in [0.4, 0.5) is 0 Å². The van der Waals surface area contributed by atoms with Crippen LogP contribution < -0.4 is 0 Å². The summed E-state index contributed by atoms with van der Waals surface area (Å²) in [5.74, 6) is 0. The van der Waals surface area contributed by atoms with Gasteiger partial charge < -0.3 is 0 Å². The maximum Gasteiger partial charge on any atom is -0.00869 e. The smallest absolute Gasteiger partial charge is 0.00869 e. The first-order valence-corrected chi connectivity index (χ1v) is 3.68. The maximum absolute atomic E-state index is 4.47. The van der Waals surface area contributed by atoms with E-state index in [0.717, 1.165) is 6.42 Å². The van der Waals surface area contributed by atoms with Crippen LogP contribution >= 0.6 is 12.2 Å². The molecule has 0 atom stereocenters. The summed E-state index contributed by atoms with van der Waals surface area (Å²) < 4.78 is 0. The normalized spacial score (nSPS) is 9.44. The molecule has 0 N–H and O–H groups in total. The molecule has 0 aromatic heterocycles. The lowest BCUT2D eigenvalue weighted by molar-refractivity contribution is 0.815. The first-order valence-electron chi connectivity index (χ1n) is 3.27. The predicted octanol–water partition coefficient (Wildman–Crippen LogP) is 2.89. The van der Waals surface area contributed by atoms with Gasteiger partial charge in [0, 0.05) is 0 Å². The fourth-order valence-electron chi connectivity index (χ4n) is 0.526. The van der Waals surface area contributed by atoms with Gasteiger partial charge in [-0.3, -0.25) is 0 Å². The van der Waals surface area contributed by atoms with Gasteiger partial charge in [0.05, 0.1) is 0 Å². The fraction of sp³-hybridized carbons (Fsp3) is 0.500. The molecule has 0 saturated carbocycles. The molecule has 50 valence electrons. The van der Waals surface area contributed by atoms with Gasteiger partial charge in [-0.15, -0.1) is 0 Å². The Kier molecular flexibility index (Phi) is 7.28. The monoisotopic (exact) mass is 140 g/mol. The number of rotatable bonds is 4. The van der Waals surface area contributed by atoms with E-state index in [2.05, 4.69) is 30.2 Å². The average molecular weight is 140 g/mol. The second kappa shape index (κ2) is 7.61. The van der Waals surface area contributed by atoms with E-state index in [0.29, 0.717) is 0 Å². The fourth-order valence-corrected chi connectivity index (χ4v) is 0.604. The van der Waals surface area contributed by atoms with Gasteiger partial charge in [0.1, 0.15) is 0 Å². The van der Waals surface area contributed by atoms with Gasteiger partial charge in [0.2, 0.25) is 0 Å². The van der Waals surface area contributed by atoms with Crippen LogP contribution in [0, 0.1) is 0 Å². The molecule has 0 radical (unpaired) electrons. The standard InChI is InChI=1S/C8H12S/c1-2-3-4-5-6-7-8-9/h5-7H,2-4H2,1H3. The van der Waals surface area contributed by atoms with Crippen molar-refractivity contribution in [1.82, 2.24) is 0 Å². The van der Waals surface area contributed by atoms with Gasteiger partial charge in [-0.1, -0.05) is 31.9 Å². The first-order chi connectivity index (χ1) is 4.41. The van der Waals surface area contributed by atoms with E-state index in [-0.39, 0.29) is 0 Å². The molecule has 0 saturated heterocycles. The van der Waals surface area contributed by atoms with Crippen LogP contribution in [0.1, 0.15) is 26.2 Å². The molecule has 9 heavy (non-hydrogen) atoms. The van der Waals surface area contributed by atoms with Crippen LogP contribution in [0.25, 0.3) is 0 Å². The zero-order chi connectivity index (χ0) is 6.95. The van der Waals surface area contributed by atoms with E-state index < -0.39 is 0 Å². The largest absolute Gasteiger partial charge is 0.0839 e. The molecule has 0 aliphatic carbocycles. The van der Waals surface area contributed by atoms with Crippen molar-refractivity contribution in [2.45, 2.75) is 26.2 Å². The van der Waals surface area contributed by atoms with Gasteiger partial charge in [-0.05, 0) is 29.7 Å². The third kappa shape index (κ3) is 7.61. The predicted molar refractivity (Wildman–Crippen MR) is 45.8 cm³/mol. The third-order valence-electron chi connectivity index (χ3n) is 1.02. The Morgan fingerprint density at radius 1 is 1.56 bits per heavy atom. The van der Waals surface area contributed by atoms with E-state index in [4.69, 9.17) is 0 Å². The summed E-state index contributed by atoms with van der Waals surface area (Å²) in [4.78, 5) is 0. The highest BCUT2D eigenvalue weighted by molar-refractivity contribution is 7.78. The minimum absolute atomic E-state index is 1.16. The van der Waals surface area contributed by atoms with E-state index in [1.807, 2.05) is 6.08 Å². The van der Waals surface area contributed by atoms with Crippen LogP contribution in [-0.4, -0.2) is 5.02 Å². The molecule has 0 amide bonds. The Hall–Kier alpha value is -0.390. The van der Waals surface area contributed by atoms with E-state index in [1.54, 1.807) is 6.08 Å². The molecule has 0 nitrogen and oxygen atoms in total. The molecule has 0 aliphatic heterocycles. The van der Waals surface area contributed by atoms with E-state index in [9.17, 15) is 0 Å². The summed E-state index contributed by atoms with van der Waals surface area (Å²) in [7, 11) is 0. The first kappa shape index (κ1) is 8.61. The summed E-state index contributed by atoms with van der Waals surface area (Å²) >= 11 is 4.47. The summed E-state index contributed by atoms with van der Waals surface area (Å²) in [6.07, 6.45) is 9.49. The Morgan fingerprint density at radius 3 is 2.89 bits per heavy atom. The lowest BCUT2D eigenvalue weighted by atomic mass is 10.2. The molecule has 0 rings (SSSR count). The second-order valence-corrected chi connectivity index (χ2v) is 2.09. The topological polar surface area (TPSA) is 0 Å². The zero-order valence-corrected chi connectivity index (χ0v) is 6.58. The highest BCUT2D eigenvalue weighted by Gasteiger charge is 1.74. The molecular weight excluding hydrogens is 128 g/mol. The number of allylic oxidation sites excluding steroid dienone is 3. The SMILES string of the molecule is CCCCC=CC=C=S. The van der Waals surface area contributed by atoms with Crippen molar-refractivity contribution >= 4 is 17.2 Å². The highest BCUT2D eigenvalue weighted by atomic mass is 32.1. The van der Waals surface area contributed by atoms with Gasteiger partial charge in [0.15, 0.2) is 0 Å². The summed E-state index contributed by atoms with van der Waals surface area (Å²) in [6, 6.07) is 0. The number of unbranched alkanes of at least 4 members (excludes halogenated alkanes) is 2. The van der Waals surface area contributed by atoms with E-state index in [1.165, 1.54) is 12.8 Å². The molecular formula is C8H12S. The van der Waals surface area contributed by atoms with Crippen LogP contribution in [-0.2, 0) is 0 Å². The van der Waals surface area contributed by atoms with Crippen molar-refractivity contribution in [3.05, 3.63) is 18.2 Å². The molecule has 0 fully saturated rings. The van der Waals surface area contributed by atoms with Crippen molar-refractivity contribution in [3.8, 4) is 0 Å². The van der Waals surface area contributed by atoms with Gasteiger partial charge in [0.25, 0.3) is 0 Å². The highest BCUT2D eigenvalue weighted by Crippen LogP contribution is 1.93. The molecule has 0 aromatic rings. The quantitative estimate of drug-likeness (QED) is 0.329. The maximum atomic E-state index is 4.47. The number of hydrogen-bond donors (Lipinski definition) is 0. The van der Waals surface area contributed by atoms with Gasteiger partial charge in [-0.25, -0.2) is 0 Å². The van der Waals surface area contributed by atoms with Crippen LogP contribution in [0.15, 0.2) is 18.2 Å². The Morgan fingerprint density at radius 2 is 2.33 bits per heavy atom. The van der Waals surface area contributed by atoms with Gasteiger partial charge >= 0.3 is 0 Å². The molecule has 1 heteroatoms. The minimum Gasteiger partial charge on any atom is -0.0839 e. The Bertz CT molecular complexity index is 119. The summed E-state index contributed by atoms with van der Waals surface area (Å²) in [6.45, 7) is 2.18. The minimum atomic E-state index is 1.16. The zero-order valence-electron chi connectivity index (χ0n) is 5.76.